The van der Waals surface area contributed by atoms with Crippen molar-refractivity contribution >= 4 is 22.9 Å². The number of para-hydroxylation sites is 2. The van der Waals surface area contributed by atoms with Gasteiger partial charge in [-0.3, -0.25) is 4.79 Å². The zero-order chi connectivity index (χ0) is 15.2. The smallest absolute Gasteiger partial charge is 0.220 e. The van der Waals surface area contributed by atoms with Gasteiger partial charge in [0.2, 0.25) is 5.91 Å². The van der Waals surface area contributed by atoms with E-state index in [0.717, 1.165) is 18.0 Å². The number of anilines is 1. The molecule has 1 aromatic heterocycles. The van der Waals surface area contributed by atoms with Crippen molar-refractivity contribution in [2.24, 2.45) is 5.73 Å². The van der Waals surface area contributed by atoms with Crippen LogP contribution in [-0.4, -0.2) is 12.5 Å². The third-order valence-corrected chi connectivity index (χ3v) is 4.11. The first-order valence-corrected chi connectivity index (χ1v) is 7.68. The Hall–Kier alpha value is -2.01. The van der Waals surface area contributed by atoms with Gasteiger partial charge in [0.05, 0.1) is 18.7 Å². The maximum Gasteiger partial charge on any atom is 0.220 e. The van der Waals surface area contributed by atoms with Gasteiger partial charge in [-0.05, 0) is 37.6 Å². The van der Waals surface area contributed by atoms with Crippen LogP contribution in [0, 0.1) is 13.8 Å². The van der Waals surface area contributed by atoms with E-state index >= 15 is 0 Å². The first-order valence-electron chi connectivity index (χ1n) is 6.86. The molecule has 0 saturated heterocycles. The number of hydrogen-bond donors (Lipinski definition) is 2. The van der Waals surface area contributed by atoms with Crippen molar-refractivity contribution in [3.63, 3.8) is 0 Å². The Morgan fingerprint density at radius 3 is 2.76 bits per heavy atom. The second kappa shape index (κ2) is 7.13. The summed E-state index contributed by atoms with van der Waals surface area (Å²) in [7, 11) is 0. The minimum atomic E-state index is -0.357. The molecule has 1 amide bonds. The number of nitrogens with one attached hydrogen (secondary N) is 1. The molecular weight excluding hydrogens is 284 g/mol. The van der Waals surface area contributed by atoms with E-state index in [-0.39, 0.29) is 12.3 Å². The zero-order valence-corrected chi connectivity index (χ0v) is 13.1. The van der Waals surface area contributed by atoms with E-state index in [1.165, 1.54) is 15.3 Å². The summed E-state index contributed by atoms with van der Waals surface area (Å²) in [6, 6.07) is 9.91. The van der Waals surface area contributed by atoms with Crippen LogP contribution in [0.2, 0.25) is 0 Å². The number of carbonyl (C=O) groups is 1. The lowest BCUT2D eigenvalue weighted by Crippen LogP contribution is -2.15. The van der Waals surface area contributed by atoms with Crippen molar-refractivity contribution in [2.75, 3.05) is 11.9 Å². The Morgan fingerprint density at radius 2 is 2.10 bits per heavy atom. The fraction of sp³-hybridized carbons (Fsp3) is 0.312. The highest BCUT2D eigenvalue weighted by Crippen LogP contribution is 2.26. The summed E-state index contributed by atoms with van der Waals surface area (Å²) in [6.07, 6.45) is 0.219. The second-order valence-corrected chi connectivity index (χ2v) is 6.31. The Bertz CT molecular complexity index is 622. The molecule has 0 unspecified atom stereocenters. The van der Waals surface area contributed by atoms with Gasteiger partial charge in [0.15, 0.2) is 0 Å². The topological polar surface area (TPSA) is 64.3 Å². The molecule has 0 spiro atoms. The van der Waals surface area contributed by atoms with Crippen molar-refractivity contribution in [3.05, 3.63) is 45.6 Å². The van der Waals surface area contributed by atoms with Gasteiger partial charge in [-0.2, -0.15) is 0 Å². The molecule has 3 N–H and O–H groups in total. The first-order chi connectivity index (χ1) is 10.1. The number of rotatable bonds is 7. The number of benzene rings is 1. The summed E-state index contributed by atoms with van der Waals surface area (Å²) < 4.78 is 5.61. The Balaban J connectivity index is 1.99. The number of carbonyl (C=O) groups excluding carboxylic acids is 1. The molecule has 0 aliphatic carbocycles. The van der Waals surface area contributed by atoms with Crippen LogP contribution in [0.25, 0.3) is 0 Å². The molecule has 1 aromatic carbocycles. The van der Waals surface area contributed by atoms with E-state index in [0.29, 0.717) is 6.61 Å². The number of hydrogen-bond acceptors (Lipinski definition) is 4. The predicted molar refractivity (Wildman–Crippen MR) is 86.9 cm³/mol. The van der Waals surface area contributed by atoms with Gasteiger partial charge in [-0.1, -0.05) is 12.1 Å². The highest BCUT2D eigenvalue weighted by molar-refractivity contribution is 7.12. The lowest BCUT2D eigenvalue weighted by molar-refractivity contribution is -0.118. The predicted octanol–water partition coefficient (Wildman–Crippen LogP) is 3.23. The maximum absolute atomic E-state index is 10.8. The molecule has 2 rings (SSSR count). The summed E-state index contributed by atoms with van der Waals surface area (Å²) >= 11 is 1.80. The van der Waals surface area contributed by atoms with Crippen molar-refractivity contribution in [3.8, 4) is 5.75 Å². The van der Waals surface area contributed by atoms with Gasteiger partial charge in [0.1, 0.15) is 5.75 Å². The quantitative estimate of drug-likeness (QED) is 0.825. The number of thiophene rings is 1. The molecule has 0 radical (unpaired) electrons. The number of primary amides is 1. The highest BCUT2D eigenvalue weighted by atomic mass is 32.1. The maximum atomic E-state index is 10.8. The third kappa shape index (κ3) is 4.49. The average Bonchev–Trinajstić information content (AvgIpc) is 2.75. The number of aryl methyl sites for hydroxylation is 2. The van der Waals surface area contributed by atoms with Crippen molar-refractivity contribution in [1.29, 1.82) is 0 Å². The number of ether oxygens (including phenoxy) is 1. The zero-order valence-electron chi connectivity index (χ0n) is 12.3. The van der Waals surface area contributed by atoms with E-state index in [2.05, 4.69) is 25.2 Å². The van der Waals surface area contributed by atoms with Gasteiger partial charge in [0.25, 0.3) is 0 Å². The van der Waals surface area contributed by atoms with Crippen LogP contribution < -0.4 is 15.8 Å². The van der Waals surface area contributed by atoms with Gasteiger partial charge >= 0.3 is 0 Å². The molecule has 0 aliphatic rings. The monoisotopic (exact) mass is 304 g/mol. The molecule has 0 fully saturated rings. The van der Waals surface area contributed by atoms with Crippen molar-refractivity contribution < 1.29 is 9.53 Å². The molecule has 1 heterocycles. The van der Waals surface area contributed by atoms with E-state index in [9.17, 15) is 4.79 Å². The second-order valence-electron chi connectivity index (χ2n) is 4.85. The van der Waals surface area contributed by atoms with Gasteiger partial charge in [-0.15, -0.1) is 11.3 Å². The Labute approximate surface area is 128 Å². The van der Waals surface area contributed by atoms with E-state index in [1.54, 1.807) is 11.3 Å². The minimum Gasteiger partial charge on any atom is -0.491 e. The molecule has 4 nitrogen and oxygen atoms in total. The lowest BCUT2D eigenvalue weighted by atomic mass is 10.2. The summed E-state index contributed by atoms with van der Waals surface area (Å²) in [5, 5.41) is 3.39. The van der Waals surface area contributed by atoms with Gasteiger partial charge in [0, 0.05) is 16.3 Å². The summed E-state index contributed by atoms with van der Waals surface area (Å²) in [5.41, 5.74) is 7.33. The molecule has 0 bridgehead atoms. The minimum absolute atomic E-state index is 0.219. The molecular formula is C16H20N2O2S. The van der Waals surface area contributed by atoms with Crippen LogP contribution in [0.15, 0.2) is 30.3 Å². The molecule has 2 aromatic rings. The molecule has 0 atom stereocenters. The largest absolute Gasteiger partial charge is 0.491 e. The normalized spacial score (nSPS) is 10.4. The fourth-order valence-corrected chi connectivity index (χ4v) is 3.00. The van der Waals surface area contributed by atoms with Crippen LogP contribution >= 0.6 is 11.3 Å². The summed E-state index contributed by atoms with van der Waals surface area (Å²) in [4.78, 5) is 13.4. The van der Waals surface area contributed by atoms with Gasteiger partial charge in [-0.25, -0.2) is 0 Å². The summed E-state index contributed by atoms with van der Waals surface area (Å²) in [5.74, 6) is 0.383. The molecule has 21 heavy (non-hydrogen) atoms. The SMILES string of the molecule is Cc1cc(CNc2ccccc2OCCC(N)=O)c(C)s1. The van der Waals surface area contributed by atoms with Crippen LogP contribution in [0.4, 0.5) is 5.69 Å². The standard InChI is InChI=1S/C16H20N2O2S/c1-11-9-13(12(2)21-11)10-18-14-5-3-4-6-15(14)20-8-7-16(17)19/h3-6,9,18H,7-8,10H2,1-2H3,(H2,17,19). The van der Waals surface area contributed by atoms with Crippen molar-refractivity contribution in [1.82, 2.24) is 0 Å². The Kier molecular flexibility index (Phi) is 5.22. The number of nitrogens with two attached hydrogens (primary N) is 1. The van der Waals surface area contributed by atoms with Crippen LogP contribution in [0.1, 0.15) is 21.7 Å². The van der Waals surface area contributed by atoms with E-state index < -0.39 is 0 Å². The fourth-order valence-electron chi connectivity index (χ4n) is 2.05. The van der Waals surface area contributed by atoms with Crippen molar-refractivity contribution in [2.45, 2.75) is 26.8 Å². The van der Waals surface area contributed by atoms with Crippen LogP contribution in [0.5, 0.6) is 5.75 Å². The average molecular weight is 304 g/mol. The molecule has 5 heteroatoms. The third-order valence-electron chi connectivity index (χ3n) is 3.11. The lowest BCUT2D eigenvalue weighted by Gasteiger charge is -2.12. The van der Waals surface area contributed by atoms with Crippen LogP contribution in [0.3, 0.4) is 0 Å². The van der Waals surface area contributed by atoms with E-state index in [1.807, 2.05) is 24.3 Å². The highest BCUT2D eigenvalue weighted by Gasteiger charge is 2.06. The molecule has 0 aliphatic heterocycles. The van der Waals surface area contributed by atoms with Gasteiger partial charge < -0.3 is 15.8 Å². The van der Waals surface area contributed by atoms with E-state index in [4.69, 9.17) is 10.5 Å². The molecule has 0 saturated carbocycles. The number of amides is 1. The first kappa shape index (κ1) is 15.4. The Morgan fingerprint density at radius 1 is 1.33 bits per heavy atom. The molecule has 112 valence electrons. The van der Waals surface area contributed by atoms with Crippen LogP contribution in [-0.2, 0) is 11.3 Å². The summed E-state index contributed by atoms with van der Waals surface area (Å²) in [6.45, 7) is 5.29.